The van der Waals surface area contributed by atoms with Gasteiger partial charge in [-0.2, -0.15) is 0 Å². The molecule has 0 spiro atoms. The molecule has 11 heavy (non-hydrogen) atoms. The first-order valence-electron chi connectivity index (χ1n) is 3.01. The van der Waals surface area contributed by atoms with E-state index in [4.69, 9.17) is 4.74 Å². The van der Waals surface area contributed by atoms with E-state index in [2.05, 4.69) is 4.99 Å². The molecule has 0 unspecified atom stereocenters. The fourth-order valence-corrected chi connectivity index (χ4v) is 1.00. The molecule has 0 aromatic heterocycles. The molecule has 1 aliphatic rings. The Morgan fingerprint density at radius 3 is 3.27 bits per heavy atom. The van der Waals surface area contributed by atoms with Gasteiger partial charge in [-0.3, -0.25) is 9.79 Å². The van der Waals surface area contributed by atoms with Crippen LogP contribution >= 0.6 is 11.8 Å². The molecule has 0 aliphatic carbocycles. The van der Waals surface area contributed by atoms with Crippen LogP contribution in [0, 0.1) is 0 Å². The summed E-state index contributed by atoms with van der Waals surface area (Å²) in [5.74, 6) is 0.151. The molecular weight excluding hydrogens is 162 g/mol. The van der Waals surface area contributed by atoms with Crippen molar-refractivity contribution in [1.82, 2.24) is 0 Å². The van der Waals surface area contributed by atoms with Gasteiger partial charge in [0.25, 0.3) is 0 Å². The van der Waals surface area contributed by atoms with Crippen LogP contribution in [0.4, 0.5) is 0 Å². The highest BCUT2D eigenvalue weighted by Gasteiger charge is 1.98. The summed E-state index contributed by atoms with van der Waals surface area (Å²) in [7, 11) is 0. The molecule has 1 heterocycles. The zero-order valence-electron chi connectivity index (χ0n) is 5.98. The Hall–Kier alpha value is -1.03. The van der Waals surface area contributed by atoms with Gasteiger partial charge in [-0.05, 0) is 5.41 Å². The van der Waals surface area contributed by atoms with Crippen molar-refractivity contribution in [3.05, 3.63) is 22.8 Å². The predicted molar refractivity (Wildman–Crippen MR) is 45.1 cm³/mol. The first-order chi connectivity index (χ1) is 5.29. The molecule has 0 saturated carbocycles. The third-order valence-corrected chi connectivity index (χ3v) is 1.52. The van der Waals surface area contributed by atoms with Gasteiger partial charge in [-0.25, -0.2) is 0 Å². The fourth-order valence-electron chi connectivity index (χ4n) is 0.540. The van der Waals surface area contributed by atoms with E-state index in [-0.39, 0.29) is 5.97 Å². The van der Waals surface area contributed by atoms with E-state index in [0.29, 0.717) is 5.76 Å². The third kappa shape index (κ3) is 3.04. The van der Waals surface area contributed by atoms with Crippen LogP contribution in [-0.4, -0.2) is 12.2 Å². The van der Waals surface area contributed by atoms with Crippen LogP contribution in [0.1, 0.15) is 6.92 Å². The maximum Gasteiger partial charge on any atom is 0.308 e. The Bertz CT molecular complexity index is 243. The number of nitrogens with zero attached hydrogens (tertiary/aromatic N) is 1. The SMILES string of the molecule is CC(=O)OC1=CSC=CN=C1. The lowest BCUT2D eigenvalue weighted by Crippen LogP contribution is -1.98. The lowest BCUT2D eigenvalue weighted by molar-refractivity contribution is -0.136. The quantitative estimate of drug-likeness (QED) is 0.560. The van der Waals surface area contributed by atoms with Gasteiger partial charge in [-0.1, -0.05) is 0 Å². The number of carbonyl (C=O) groups excluding carboxylic acids is 1. The number of carbonyl (C=O) groups is 1. The maximum absolute atomic E-state index is 10.5. The van der Waals surface area contributed by atoms with E-state index >= 15 is 0 Å². The van der Waals surface area contributed by atoms with Gasteiger partial charge in [0.1, 0.15) is 0 Å². The number of allylic oxidation sites excluding steroid dienone is 1. The van der Waals surface area contributed by atoms with Gasteiger partial charge in [0.05, 0.1) is 6.21 Å². The van der Waals surface area contributed by atoms with Crippen LogP contribution < -0.4 is 0 Å². The van der Waals surface area contributed by atoms with Crippen molar-refractivity contribution in [3.63, 3.8) is 0 Å². The van der Waals surface area contributed by atoms with Crippen molar-refractivity contribution >= 4 is 23.9 Å². The van der Waals surface area contributed by atoms with E-state index in [1.807, 2.05) is 0 Å². The summed E-state index contributed by atoms with van der Waals surface area (Å²) in [6.07, 6.45) is 3.13. The van der Waals surface area contributed by atoms with E-state index in [0.717, 1.165) is 0 Å². The third-order valence-electron chi connectivity index (χ3n) is 0.873. The normalized spacial score (nSPS) is 15.5. The van der Waals surface area contributed by atoms with Crippen molar-refractivity contribution in [2.24, 2.45) is 4.99 Å². The molecule has 4 heteroatoms. The number of rotatable bonds is 1. The zero-order chi connectivity index (χ0) is 8.10. The summed E-state index contributed by atoms with van der Waals surface area (Å²) in [6, 6.07) is 0. The van der Waals surface area contributed by atoms with Gasteiger partial charge < -0.3 is 4.74 Å². The first kappa shape index (κ1) is 8.07. The van der Waals surface area contributed by atoms with E-state index in [1.165, 1.54) is 24.9 Å². The Labute approximate surface area is 68.8 Å². The summed E-state index contributed by atoms with van der Waals surface area (Å²) in [5.41, 5.74) is 0. The Kier molecular flexibility index (Phi) is 2.92. The van der Waals surface area contributed by atoms with Crippen molar-refractivity contribution in [1.29, 1.82) is 0 Å². The predicted octanol–water partition coefficient (Wildman–Crippen LogP) is 1.68. The average Bonchev–Trinajstić information content (AvgIpc) is 2.14. The first-order valence-corrected chi connectivity index (χ1v) is 3.95. The summed E-state index contributed by atoms with van der Waals surface area (Å²) >= 11 is 1.42. The zero-order valence-corrected chi connectivity index (χ0v) is 6.80. The second-order valence-corrected chi connectivity index (χ2v) is 2.59. The van der Waals surface area contributed by atoms with Crippen molar-refractivity contribution in [3.8, 4) is 0 Å². The van der Waals surface area contributed by atoms with E-state index in [1.54, 1.807) is 17.0 Å². The minimum atomic E-state index is -0.329. The molecule has 0 aromatic carbocycles. The minimum Gasteiger partial charge on any atom is -0.425 e. The number of ether oxygens (including phenoxy) is 1. The van der Waals surface area contributed by atoms with Crippen molar-refractivity contribution in [2.75, 3.05) is 0 Å². The minimum absolute atomic E-state index is 0.329. The Morgan fingerprint density at radius 2 is 2.55 bits per heavy atom. The monoisotopic (exact) mass is 169 g/mol. The lowest BCUT2D eigenvalue weighted by atomic mass is 10.6. The largest absolute Gasteiger partial charge is 0.425 e. The molecule has 0 saturated heterocycles. The maximum atomic E-state index is 10.5. The number of esters is 1. The molecular formula is C7H7NO2S. The number of aliphatic imine (C=N–C) groups is 1. The van der Waals surface area contributed by atoms with Gasteiger partial charge in [0.2, 0.25) is 0 Å². The highest BCUT2D eigenvalue weighted by molar-refractivity contribution is 8.04. The molecule has 3 nitrogen and oxygen atoms in total. The van der Waals surface area contributed by atoms with Gasteiger partial charge >= 0.3 is 5.97 Å². The van der Waals surface area contributed by atoms with E-state index in [9.17, 15) is 4.79 Å². The van der Waals surface area contributed by atoms with Crippen LogP contribution in [0.25, 0.3) is 0 Å². The van der Waals surface area contributed by atoms with Crippen LogP contribution in [0.2, 0.25) is 0 Å². The molecule has 58 valence electrons. The topological polar surface area (TPSA) is 38.7 Å². The van der Waals surface area contributed by atoms with Crippen LogP contribution in [0.15, 0.2) is 27.8 Å². The summed E-state index contributed by atoms with van der Waals surface area (Å²) in [5, 5.41) is 3.52. The van der Waals surface area contributed by atoms with Gasteiger partial charge in [-0.15, -0.1) is 11.8 Å². The van der Waals surface area contributed by atoms with Crippen LogP contribution in [0.3, 0.4) is 0 Å². The number of thioether (sulfide) groups is 1. The molecule has 0 amide bonds. The summed E-state index contributed by atoms with van der Waals surface area (Å²) in [6.45, 7) is 1.36. The number of hydrogen-bond acceptors (Lipinski definition) is 4. The van der Waals surface area contributed by atoms with Crippen molar-refractivity contribution < 1.29 is 9.53 Å². The molecule has 0 atom stereocenters. The van der Waals surface area contributed by atoms with Crippen LogP contribution in [0.5, 0.6) is 0 Å². The highest BCUT2D eigenvalue weighted by Crippen LogP contribution is 2.11. The van der Waals surface area contributed by atoms with Crippen molar-refractivity contribution in [2.45, 2.75) is 6.92 Å². The lowest BCUT2D eigenvalue weighted by Gasteiger charge is -1.97. The second-order valence-electron chi connectivity index (χ2n) is 1.81. The summed E-state index contributed by atoms with van der Waals surface area (Å²) < 4.78 is 4.78. The average molecular weight is 169 g/mol. The van der Waals surface area contributed by atoms with Crippen LogP contribution in [-0.2, 0) is 9.53 Å². The molecule has 0 bridgehead atoms. The molecule has 0 fully saturated rings. The molecule has 0 aromatic rings. The second kappa shape index (κ2) is 3.98. The smallest absolute Gasteiger partial charge is 0.308 e. The van der Waals surface area contributed by atoms with Gasteiger partial charge in [0.15, 0.2) is 5.76 Å². The molecule has 1 rings (SSSR count). The fraction of sp³-hybridized carbons (Fsp3) is 0.143. The molecule has 0 radical (unpaired) electrons. The molecule has 1 aliphatic heterocycles. The summed E-state index contributed by atoms with van der Waals surface area (Å²) in [4.78, 5) is 14.3. The van der Waals surface area contributed by atoms with Gasteiger partial charge in [0, 0.05) is 18.5 Å². The Balaban J connectivity index is 2.58. The van der Waals surface area contributed by atoms with E-state index < -0.39 is 0 Å². The standard InChI is InChI=1S/C7H7NO2S/c1-6(9)10-7-4-8-2-3-11-5-7/h2-5H,1H3. The Morgan fingerprint density at radius 1 is 1.73 bits per heavy atom. The number of hydrogen-bond donors (Lipinski definition) is 0. The molecule has 0 N–H and O–H groups in total. The highest BCUT2D eigenvalue weighted by atomic mass is 32.2.